The van der Waals surface area contributed by atoms with E-state index >= 15 is 0 Å². The number of nitrogens with zero attached hydrogens (tertiary/aromatic N) is 24. The minimum Gasteiger partial charge on any atom is -0.353 e. The maximum Gasteiger partial charge on any atom is 0.255 e. The molecule has 9 fully saturated rings. The molecule has 4 saturated heterocycles. The zero-order valence-electron chi connectivity index (χ0n) is 71.2. The largest absolute Gasteiger partial charge is 0.353 e. The molecule has 0 N–H and O–H groups in total. The zero-order valence-corrected chi connectivity index (χ0v) is 71.2. The van der Waals surface area contributed by atoms with Crippen LogP contribution in [-0.2, 0) is 0 Å². The lowest BCUT2D eigenvalue weighted by Crippen LogP contribution is -2.53. The third kappa shape index (κ3) is 17.2. The Bertz CT molecular complexity index is 5820. The first kappa shape index (κ1) is 83.3. The van der Waals surface area contributed by atoms with E-state index in [0.717, 1.165) is 116 Å². The van der Waals surface area contributed by atoms with E-state index in [1.165, 1.54) is 37.1 Å². The van der Waals surface area contributed by atoms with Gasteiger partial charge < -0.3 is 39.2 Å². The van der Waals surface area contributed by atoms with Crippen LogP contribution in [-0.4, -0.2) is 225 Å². The molecule has 4 aromatic carbocycles. The summed E-state index contributed by atoms with van der Waals surface area (Å²) in [5, 5.41) is 0. The minimum atomic E-state index is -0.495. The molecule has 21 rings (SSSR count). The van der Waals surface area contributed by atoms with Crippen LogP contribution >= 0.6 is 0 Å². The van der Waals surface area contributed by atoms with Gasteiger partial charge in [0, 0.05) is 115 Å². The summed E-state index contributed by atoms with van der Waals surface area (Å²) in [6.45, 7) is 11.5. The van der Waals surface area contributed by atoms with Crippen molar-refractivity contribution in [2.75, 3.05) is 73.5 Å². The third-order valence-corrected chi connectivity index (χ3v) is 26.4. The Hall–Kier alpha value is -13.6. The van der Waals surface area contributed by atoms with Gasteiger partial charge in [-0.05, 0) is 194 Å². The molecule has 8 bridgehead atoms. The number of benzene rings is 4. The van der Waals surface area contributed by atoms with E-state index in [2.05, 4.69) is 106 Å². The van der Waals surface area contributed by atoms with Crippen molar-refractivity contribution in [1.82, 2.24) is 99.3 Å². The number of carbonyl (C=O) groups is 4. The average molecular weight is 1700 g/mol. The number of hydrogen-bond acceptors (Lipinski definition) is 24. The van der Waals surface area contributed by atoms with Crippen molar-refractivity contribution >= 4 is 46.9 Å². The first-order valence-corrected chi connectivity index (χ1v) is 43.1. The van der Waals surface area contributed by atoms with E-state index < -0.39 is 17.5 Å². The second-order valence-corrected chi connectivity index (χ2v) is 34.6. The van der Waals surface area contributed by atoms with Gasteiger partial charge in [-0.2, -0.15) is 0 Å². The fourth-order valence-corrected chi connectivity index (χ4v) is 20.2. The van der Waals surface area contributed by atoms with E-state index in [-0.39, 0.29) is 94.7 Å². The summed E-state index contributed by atoms with van der Waals surface area (Å²) in [6, 6.07) is 28.9. The molecule has 5 aliphatic carbocycles. The Morgan fingerprint density at radius 2 is 0.659 bits per heavy atom. The van der Waals surface area contributed by atoms with Crippen LogP contribution in [0.3, 0.4) is 0 Å². The maximum absolute atomic E-state index is 14.9. The Kier molecular flexibility index (Phi) is 23.7. The molecule has 28 nitrogen and oxygen atoms in total. The molecule has 12 aromatic rings. The molecule has 9 aliphatic rings. The number of likely N-dealkylation sites (N-methyl/N-ethyl adjacent to an activating group) is 3. The number of aryl methyl sites for hydroxylation is 4. The Balaban J connectivity index is 0.000000114. The molecule has 8 aromatic heterocycles. The van der Waals surface area contributed by atoms with Crippen LogP contribution in [0.25, 0.3) is 45.6 Å². The van der Waals surface area contributed by atoms with Crippen LogP contribution in [0.2, 0.25) is 0 Å². The highest BCUT2D eigenvalue weighted by Gasteiger charge is 2.54. The fraction of sp³-hybridized carbons (Fsp3) is 0.368. The van der Waals surface area contributed by atoms with E-state index in [0.29, 0.717) is 88.7 Å². The van der Waals surface area contributed by atoms with Crippen molar-refractivity contribution in [3.63, 3.8) is 0 Å². The van der Waals surface area contributed by atoms with Crippen LogP contribution in [0, 0.1) is 74.7 Å². The number of halogens is 3. The number of likely N-dealkylation sites (tertiary alicyclic amines) is 4. The first-order valence-electron chi connectivity index (χ1n) is 43.1. The predicted molar refractivity (Wildman–Crippen MR) is 467 cm³/mol. The quantitative estimate of drug-likeness (QED) is 0.0770. The number of rotatable bonds is 18. The van der Waals surface area contributed by atoms with Crippen LogP contribution < -0.4 is 19.6 Å². The number of piperidine rings is 4. The Labute approximate surface area is 728 Å². The van der Waals surface area contributed by atoms with Crippen LogP contribution in [0.4, 0.5) is 36.4 Å². The highest BCUT2D eigenvalue weighted by atomic mass is 19.1. The molecular weight excluding hydrogens is 1600 g/mol. The first-order chi connectivity index (χ1) is 61.2. The van der Waals surface area contributed by atoms with E-state index in [4.69, 9.17) is 0 Å². The van der Waals surface area contributed by atoms with Crippen molar-refractivity contribution in [2.24, 2.45) is 29.6 Å². The minimum absolute atomic E-state index is 0.0402. The van der Waals surface area contributed by atoms with E-state index in [1.54, 1.807) is 135 Å². The SMILES string of the molecule is Cc1cnc(N(C)C2CC3CC2N(C(=O)c2cc(F)ccc2-c2ncccn2)C3)cn1.Cc1cnc(N(C)C2CC3CC2N(C(=O)c2cccc(F)c2-c2ncccn2)C3)cn1.Cc1cnc(N(C)C2CC3CC2N(C(=O)c2ccccc2-c2ncccn2)C3)cn1.Cc1cnc(N(CC2CC2)C2CC3CC2N(C(=O)c2cccc(F)c2-c2ncccn2)C3)cn1. The van der Waals surface area contributed by atoms with Gasteiger partial charge in [-0.15, -0.1) is 0 Å². The molecule has 12 atom stereocenters. The third-order valence-electron chi connectivity index (χ3n) is 26.4. The maximum atomic E-state index is 14.9. The number of anilines is 4. The number of amides is 4. The lowest BCUT2D eigenvalue weighted by molar-refractivity contribution is 0.0674. The molecule has 642 valence electrons. The van der Waals surface area contributed by atoms with Crippen molar-refractivity contribution in [2.45, 2.75) is 140 Å². The van der Waals surface area contributed by atoms with Crippen molar-refractivity contribution in [1.29, 1.82) is 0 Å². The Morgan fingerprint density at radius 3 is 1.02 bits per heavy atom. The Morgan fingerprint density at radius 1 is 0.333 bits per heavy atom. The highest BCUT2D eigenvalue weighted by Crippen LogP contribution is 2.48. The van der Waals surface area contributed by atoms with Gasteiger partial charge in [-0.3, -0.25) is 39.1 Å². The summed E-state index contributed by atoms with van der Waals surface area (Å²) in [7, 11) is 6.05. The topological polar surface area (TPSA) is 300 Å². The number of aromatic nitrogens is 16. The molecule has 4 amide bonds. The van der Waals surface area contributed by atoms with Gasteiger partial charge in [0.2, 0.25) is 0 Å². The van der Waals surface area contributed by atoms with E-state index in [9.17, 15) is 32.3 Å². The van der Waals surface area contributed by atoms with Crippen molar-refractivity contribution < 1.29 is 32.3 Å². The van der Waals surface area contributed by atoms with Gasteiger partial charge in [0.1, 0.15) is 40.7 Å². The van der Waals surface area contributed by atoms with Gasteiger partial charge in [-0.25, -0.2) is 73.0 Å². The number of carbonyl (C=O) groups excluding carboxylic acids is 4. The molecule has 126 heavy (non-hydrogen) atoms. The molecule has 12 heterocycles. The highest BCUT2D eigenvalue weighted by molar-refractivity contribution is 6.03. The summed E-state index contributed by atoms with van der Waals surface area (Å²) in [6.07, 6.45) is 37.6. The summed E-state index contributed by atoms with van der Waals surface area (Å²) in [5.74, 6) is 5.35. The summed E-state index contributed by atoms with van der Waals surface area (Å²) in [5.41, 5.74) is 6.76. The summed E-state index contributed by atoms with van der Waals surface area (Å²) in [4.78, 5) is 141. The van der Waals surface area contributed by atoms with Gasteiger partial charge in [0.25, 0.3) is 23.6 Å². The molecular formula is C95H97F3N24O4. The van der Waals surface area contributed by atoms with Crippen LogP contribution in [0.5, 0.6) is 0 Å². The van der Waals surface area contributed by atoms with Crippen LogP contribution in [0.1, 0.15) is 128 Å². The van der Waals surface area contributed by atoms with Crippen molar-refractivity contribution in [3.05, 3.63) is 265 Å². The van der Waals surface area contributed by atoms with Crippen LogP contribution in [0.15, 0.2) is 202 Å². The molecule has 5 saturated carbocycles. The summed E-state index contributed by atoms with van der Waals surface area (Å²) >= 11 is 0. The van der Waals surface area contributed by atoms with E-state index in [1.807, 2.05) is 104 Å². The number of fused-ring (bicyclic) bond motifs is 8. The molecule has 31 heteroatoms. The molecule has 0 radical (unpaired) electrons. The fourth-order valence-electron chi connectivity index (χ4n) is 20.2. The monoisotopic (exact) mass is 1690 g/mol. The molecule has 0 spiro atoms. The average Bonchev–Trinajstić information content (AvgIpc) is 1.62. The van der Waals surface area contributed by atoms with Gasteiger partial charge in [-0.1, -0.05) is 30.3 Å². The van der Waals surface area contributed by atoms with Crippen molar-refractivity contribution in [3.8, 4) is 45.6 Å². The normalized spacial score (nSPS) is 22.5. The number of hydrogen-bond donors (Lipinski definition) is 0. The second kappa shape index (κ2) is 35.9. The summed E-state index contributed by atoms with van der Waals surface area (Å²) < 4.78 is 43.8. The van der Waals surface area contributed by atoms with Gasteiger partial charge >= 0.3 is 0 Å². The molecule has 12 unspecified atom stereocenters. The lowest BCUT2D eigenvalue weighted by Gasteiger charge is -2.40. The zero-order chi connectivity index (χ0) is 87.0. The van der Waals surface area contributed by atoms with Gasteiger partial charge in [0.15, 0.2) is 23.3 Å². The standard InChI is InChI=1S/C26H27FN6O.2C23H23FN6O.C23H24N6O/c1-16-12-31-23(13-30-16)32(14-17-6-7-17)21-10-18-11-22(21)33(15-18)26(34)19-4-2-5-20(27)24(19)25-28-8-3-9-29-25;1-14-11-28-21(12-27-14)29(2)19-8-15-9-20(19)30(13-15)23(31)18-10-16(24)4-5-17(18)22-25-6-3-7-26-22;1-14-11-28-20(12-27-14)29(2)18-9-15-10-19(18)30(13-15)23(31)16-5-3-6-17(24)21(16)22-25-7-4-8-26-22;1-15-12-27-21(13-26-15)28(2)19-10-16-11-20(19)29(14-16)23(30)18-7-4-3-6-17(18)22-24-8-5-9-25-22/h2-5,8-9,12-13,17-18,21-22H,6-7,10-11,14-15H2,1H3;3-7,10-12,15,19-20H,8-9,13H2,1-2H3;3-8,11-12,15,18-19H,9-10,13H2,1-2H3;3-9,12-13,16,19-20H,10-11,14H2,1-2H3. The van der Waals surface area contributed by atoms with Gasteiger partial charge in [0.05, 0.1) is 154 Å². The molecule has 4 aliphatic heterocycles. The second-order valence-electron chi connectivity index (χ2n) is 34.6. The smallest absolute Gasteiger partial charge is 0.255 e. The lowest BCUT2D eigenvalue weighted by atomic mass is 10.00. The predicted octanol–water partition coefficient (Wildman–Crippen LogP) is 13.1.